The minimum absolute atomic E-state index is 0.0302. The predicted octanol–water partition coefficient (Wildman–Crippen LogP) is 3.23. The Balaban J connectivity index is 2.37. The van der Waals surface area contributed by atoms with Gasteiger partial charge >= 0.3 is 0 Å². The lowest BCUT2D eigenvalue weighted by molar-refractivity contribution is 0.494. The highest BCUT2D eigenvalue weighted by molar-refractivity contribution is 5.85. The average Bonchev–Trinajstić information content (AvgIpc) is 2.55. The van der Waals surface area contributed by atoms with Crippen LogP contribution in [0.5, 0.6) is 0 Å². The summed E-state index contributed by atoms with van der Waals surface area (Å²) in [6, 6.07) is 6.45. The van der Waals surface area contributed by atoms with E-state index in [0.717, 1.165) is 31.6 Å². The molecule has 1 aromatic rings. The van der Waals surface area contributed by atoms with Gasteiger partial charge in [0.05, 0.1) is 5.69 Å². The molecular formula is C14H16FN3. The van der Waals surface area contributed by atoms with E-state index in [0.29, 0.717) is 5.69 Å². The molecule has 0 aliphatic carbocycles. The summed E-state index contributed by atoms with van der Waals surface area (Å²) in [6.45, 7) is 0.968. The van der Waals surface area contributed by atoms with Crippen molar-refractivity contribution >= 4 is 11.5 Å². The first kappa shape index (κ1) is 12.6. The van der Waals surface area contributed by atoms with E-state index < -0.39 is 5.82 Å². The lowest BCUT2D eigenvalue weighted by Crippen LogP contribution is -2.25. The number of hydrogen-bond donors (Lipinski definition) is 0. The molecule has 1 heterocycles. The third kappa shape index (κ3) is 2.67. The summed E-state index contributed by atoms with van der Waals surface area (Å²) in [7, 11) is 2.00. The van der Waals surface area contributed by atoms with Crippen molar-refractivity contribution in [2.75, 3.05) is 13.6 Å². The average molecular weight is 245 g/mol. The molecule has 1 aromatic carbocycles. The van der Waals surface area contributed by atoms with Gasteiger partial charge in [-0.25, -0.2) is 9.38 Å². The molecule has 0 spiro atoms. The van der Waals surface area contributed by atoms with E-state index >= 15 is 0 Å². The third-order valence-electron chi connectivity index (χ3n) is 3.19. The van der Waals surface area contributed by atoms with Crippen LogP contribution in [0.4, 0.5) is 10.1 Å². The fraction of sp³-hybridized carbons (Fsp3) is 0.429. The molecule has 1 aliphatic rings. The van der Waals surface area contributed by atoms with Crippen molar-refractivity contribution in [3.63, 3.8) is 0 Å². The van der Waals surface area contributed by atoms with E-state index in [1.807, 2.05) is 13.1 Å². The standard InChI is InChI=1S/C14H16FN3/c1-18-9-4-2-3-8-14(18)17-13-7-5-6-12(15)11(13)10-16/h5-7H,2-4,8-9H2,1H3/b17-14-. The number of rotatable bonds is 1. The lowest BCUT2D eigenvalue weighted by Gasteiger charge is -2.18. The van der Waals surface area contributed by atoms with Crippen LogP contribution in [0.1, 0.15) is 31.2 Å². The molecular weight excluding hydrogens is 229 g/mol. The van der Waals surface area contributed by atoms with Gasteiger partial charge in [-0.3, -0.25) is 0 Å². The smallest absolute Gasteiger partial charge is 0.143 e. The van der Waals surface area contributed by atoms with Crippen LogP contribution in [0.3, 0.4) is 0 Å². The molecule has 1 aliphatic heterocycles. The second-order valence-electron chi connectivity index (χ2n) is 4.51. The highest BCUT2D eigenvalue weighted by atomic mass is 19.1. The van der Waals surface area contributed by atoms with Gasteiger partial charge in [0, 0.05) is 20.0 Å². The van der Waals surface area contributed by atoms with Crippen molar-refractivity contribution < 1.29 is 4.39 Å². The van der Waals surface area contributed by atoms with E-state index in [4.69, 9.17) is 5.26 Å². The van der Waals surface area contributed by atoms with E-state index in [1.54, 1.807) is 12.1 Å². The fourth-order valence-electron chi connectivity index (χ4n) is 2.13. The number of benzene rings is 1. The maximum absolute atomic E-state index is 13.5. The van der Waals surface area contributed by atoms with Crippen molar-refractivity contribution in [3.05, 3.63) is 29.6 Å². The molecule has 0 N–H and O–H groups in total. The predicted molar refractivity (Wildman–Crippen MR) is 69.3 cm³/mol. The topological polar surface area (TPSA) is 39.4 Å². The van der Waals surface area contributed by atoms with Gasteiger partial charge in [-0.15, -0.1) is 0 Å². The summed E-state index contributed by atoms with van der Waals surface area (Å²) in [5.74, 6) is 0.435. The Labute approximate surface area is 107 Å². The van der Waals surface area contributed by atoms with Crippen LogP contribution in [0, 0.1) is 17.1 Å². The first-order chi connectivity index (χ1) is 8.72. The minimum atomic E-state index is -0.504. The van der Waals surface area contributed by atoms with Crippen molar-refractivity contribution in [2.45, 2.75) is 25.7 Å². The minimum Gasteiger partial charge on any atom is -0.363 e. The summed E-state index contributed by atoms with van der Waals surface area (Å²) < 4.78 is 13.5. The van der Waals surface area contributed by atoms with Crippen molar-refractivity contribution in [3.8, 4) is 6.07 Å². The molecule has 94 valence electrons. The van der Waals surface area contributed by atoms with Crippen molar-refractivity contribution in [2.24, 2.45) is 4.99 Å². The van der Waals surface area contributed by atoms with E-state index in [1.165, 1.54) is 12.5 Å². The van der Waals surface area contributed by atoms with Gasteiger partial charge in [0.25, 0.3) is 0 Å². The first-order valence-corrected chi connectivity index (χ1v) is 6.19. The molecule has 0 aromatic heterocycles. The molecule has 0 bridgehead atoms. The lowest BCUT2D eigenvalue weighted by atomic mass is 10.2. The van der Waals surface area contributed by atoms with Gasteiger partial charge < -0.3 is 4.90 Å². The second-order valence-corrected chi connectivity index (χ2v) is 4.51. The van der Waals surface area contributed by atoms with E-state index in [-0.39, 0.29) is 5.56 Å². The van der Waals surface area contributed by atoms with Crippen LogP contribution in [0.2, 0.25) is 0 Å². The zero-order valence-corrected chi connectivity index (χ0v) is 10.5. The van der Waals surface area contributed by atoms with Gasteiger partial charge in [-0.05, 0) is 25.0 Å². The molecule has 1 saturated heterocycles. The van der Waals surface area contributed by atoms with Crippen LogP contribution in [-0.2, 0) is 0 Å². The Bertz CT molecular complexity index is 502. The Kier molecular flexibility index (Phi) is 3.93. The van der Waals surface area contributed by atoms with Gasteiger partial charge in [0.1, 0.15) is 23.3 Å². The highest BCUT2D eigenvalue weighted by Crippen LogP contribution is 2.23. The Hall–Kier alpha value is -1.89. The number of aliphatic imine (C=N–C) groups is 1. The zero-order chi connectivity index (χ0) is 13.0. The SMILES string of the molecule is CN1CCCCC/C1=N/c1cccc(F)c1C#N. The van der Waals surface area contributed by atoms with Crippen molar-refractivity contribution in [1.29, 1.82) is 5.26 Å². The van der Waals surface area contributed by atoms with Crippen molar-refractivity contribution in [1.82, 2.24) is 4.90 Å². The maximum Gasteiger partial charge on any atom is 0.143 e. The molecule has 3 nitrogen and oxygen atoms in total. The summed E-state index contributed by atoms with van der Waals surface area (Å²) in [4.78, 5) is 6.57. The van der Waals surface area contributed by atoms with Gasteiger partial charge in [0.15, 0.2) is 0 Å². The number of likely N-dealkylation sites (tertiary alicyclic amines) is 1. The van der Waals surface area contributed by atoms with Crippen LogP contribution < -0.4 is 0 Å². The molecule has 0 radical (unpaired) electrons. The number of hydrogen-bond acceptors (Lipinski definition) is 2. The Morgan fingerprint density at radius 3 is 2.94 bits per heavy atom. The number of nitrogens with zero attached hydrogens (tertiary/aromatic N) is 3. The monoisotopic (exact) mass is 245 g/mol. The molecule has 0 atom stereocenters. The summed E-state index contributed by atoms with van der Waals surface area (Å²) >= 11 is 0. The summed E-state index contributed by atoms with van der Waals surface area (Å²) in [5.41, 5.74) is 0.462. The molecule has 1 fully saturated rings. The number of halogens is 1. The fourth-order valence-corrected chi connectivity index (χ4v) is 2.13. The second kappa shape index (κ2) is 5.63. The first-order valence-electron chi connectivity index (χ1n) is 6.19. The Morgan fingerprint density at radius 1 is 1.33 bits per heavy atom. The summed E-state index contributed by atoms with van der Waals surface area (Å²) in [5, 5.41) is 8.98. The Morgan fingerprint density at radius 2 is 2.17 bits per heavy atom. The van der Waals surface area contributed by atoms with Gasteiger partial charge in [-0.1, -0.05) is 12.5 Å². The molecule has 0 saturated carbocycles. The highest BCUT2D eigenvalue weighted by Gasteiger charge is 2.13. The zero-order valence-electron chi connectivity index (χ0n) is 10.5. The van der Waals surface area contributed by atoms with Crippen LogP contribution >= 0.6 is 0 Å². The van der Waals surface area contributed by atoms with E-state index in [2.05, 4.69) is 9.89 Å². The molecule has 0 amide bonds. The molecule has 0 unspecified atom stereocenters. The van der Waals surface area contributed by atoms with E-state index in [9.17, 15) is 4.39 Å². The van der Waals surface area contributed by atoms with Gasteiger partial charge in [0.2, 0.25) is 0 Å². The quantitative estimate of drug-likeness (QED) is 0.762. The molecule has 4 heteroatoms. The maximum atomic E-state index is 13.5. The normalized spacial score (nSPS) is 18.5. The third-order valence-corrected chi connectivity index (χ3v) is 3.19. The largest absolute Gasteiger partial charge is 0.363 e. The number of amidine groups is 1. The van der Waals surface area contributed by atoms with Crippen LogP contribution in [0.25, 0.3) is 0 Å². The molecule has 18 heavy (non-hydrogen) atoms. The molecule has 2 rings (SSSR count). The van der Waals surface area contributed by atoms with Crippen LogP contribution in [0.15, 0.2) is 23.2 Å². The summed E-state index contributed by atoms with van der Waals surface area (Å²) in [6.07, 6.45) is 4.33. The van der Waals surface area contributed by atoms with Gasteiger partial charge in [-0.2, -0.15) is 5.26 Å². The number of nitriles is 1. The van der Waals surface area contributed by atoms with Crippen LogP contribution in [-0.4, -0.2) is 24.3 Å².